The van der Waals surface area contributed by atoms with Crippen LogP contribution in [-0.2, 0) is 11.3 Å². The molecule has 1 unspecified atom stereocenters. The van der Waals surface area contributed by atoms with E-state index in [0.717, 1.165) is 0 Å². The maximum absolute atomic E-state index is 12.7. The minimum Gasteiger partial charge on any atom is -0.396 e. The molecule has 126 valence electrons. The van der Waals surface area contributed by atoms with Crippen molar-refractivity contribution >= 4 is 28.6 Å². The number of fused-ring (bicyclic) bond motifs is 1. The number of amides is 1. The monoisotopic (exact) mass is 345 g/mol. The average molecular weight is 345 g/mol. The highest BCUT2D eigenvalue weighted by molar-refractivity contribution is 8.00. The Morgan fingerprint density at radius 2 is 2.25 bits per heavy atom. The van der Waals surface area contributed by atoms with E-state index >= 15 is 0 Å². The molecule has 0 radical (unpaired) electrons. The molecule has 0 aliphatic rings. The first kappa shape index (κ1) is 18.0. The van der Waals surface area contributed by atoms with E-state index in [1.54, 1.807) is 25.1 Å². The van der Waals surface area contributed by atoms with Crippen LogP contribution in [0.4, 0.5) is 0 Å². The Bertz CT molecular complexity index is 826. The first-order valence-electron chi connectivity index (χ1n) is 7.56. The van der Waals surface area contributed by atoms with Crippen LogP contribution < -0.4 is 10.9 Å². The molecule has 2 N–H and O–H groups in total. The fourth-order valence-electron chi connectivity index (χ4n) is 2.16. The van der Waals surface area contributed by atoms with Crippen molar-refractivity contribution in [3.63, 3.8) is 0 Å². The molecular formula is C17H19N3O3S. The van der Waals surface area contributed by atoms with E-state index in [0.29, 0.717) is 29.0 Å². The van der Waals surface area contributed by atoms with Crippen LogP contribution in [0.2, 0.25) is 0 Å². The number of para-hydroxylation sites is 1. The van der Waals surface area contributed by atoms with Gasteiger partial charge in [-0.3, -0.25) is 14.2 Å². The van der Waals surface area contributed by atoms with Gasteiger partial charge in [0.25, 0.3) is 5.56 Å². The molecule has 1 aromatic carbocycles. The molecule has 0 saturated heterocycles. The Labute approximate surface area is 144 Å². The fraction of sp³-hybridized carbons (Fsp3) is 0.353. The minimum absolute atomic E-state index is 0.0262. The van der Waals surface area contributed by atoms with Gasteiger partial charge in [0.15, 0.2) is 5.16 Å². The molecule has 2 aromatic rings. The number of aliphatic hydroxyl groups is 1. The topological polar surface area (TPSA) is 84.2 Å². The number of nitrogens with zero attached hydrogens (tertiary/aromatic N) is 2. The number of hydrogen-bond donors (Lipinski definition) is 2. The summed E-state index contributed by atoms with van der Waals surface area (Å²) in [6, 6.07) is 7.08. The van der Waals surface area contributed by atoms with Gasteiger partial charge in [-0.15, -0.1) is 6.42 Å². The van der Waals surface area contributed by atoms with E-state index in [-0.39, 0.29) is 24.6 Å². The van der Waals surface area contributed by atoms with Crippen molar-refractivity contribution < 1.29 is 9.90 Å². The largest absolute Gasteiger partial charge is 0.396 e. The molecule has 1 aromatic heterocycles. The van der Waals surface area contributed by atoms with Gasteiger partial charge in [-0.25, -0.2) is 4.98 Å². The molecule has 6 nitrogen and oxygen atoms in total. The Hall–Kier alpha value is -2.30. The molecule has 2 rings (SSSR count). The normalized spacial score (nSPS) is 11.9. The third-order valence-corrected chi connectivity index (χ3v) is 4.47. The van der Waals surface area contributed by atoms with Crippen LogP contribution in [0.1, 0.15) is 13.3 Å². The molecule has 0 aliphatic carbocycles. The smallest absolute Gasteiger partial charge is 0.262 e. The fourth-order valence-corrected chi connectivity index (χ4v) is 3.12. The van der Waals surface area contributed by atoms with Crippen molar-refractivity contribution in [1.82, 2.24) is 14.9 Å². The number of hydrogen-bond acceptors (Lipinski definition) is 5. The van der Waals surface area contributed by atoms with E-state index in [4.69, 9.17) is 11.5 Å². The lowest BCUT2D eigenvalue weighted by molar-refractivity contribution is -0.120. The summed E-state index contributed by atoms with van der Waals surface area (Å²) < 4.78 is 1.51. The van der Waals surface area contributed by atoms with Gasteiger partial charge in [-0.2, -0.15) is 0 Å². The first-order chi connectivity index (χ1) is 11.6. The lowest BCUT2D eigenvalue weighted by Gasteiger charge is -2.15. The average Bonchev–Trinajstić information content (AvgIpc) is 2.59. The zero-order chi connectivity index (χ0) is 17.5. The van der Waals surface area contributed by atoms with Crippen LogP contribution in [0.25, 0.3) is 10.9 Å². The Morgan fingerprint density at radius 1 is 1.50 bits per heavy atom. The second kappa shape index (κ2) is 8.52. The highest BCUT2D eigenvalue weighted by Crippen LogP contribution is 2.22. The van der Waals surface area contributed by atoms with Crippen molar-refractivity contribution in [2.75, 3.05) is 13.2 Å². The maximum Gasteiger partial charge on any atom is 0.262 e. The lowest BCUT2D eigenvalue weighted by Crippen LogP contribution is -2.32. The number of aliphatic hydroxyl groups excluding tert-OH is 1. The number of terminal acetylenes is 1. The van der Waals surface area contributed by atoms with Crippen LogP contribution in [0.15, 0.2) is 34.2 Å². The summed E-state index contributed by atoms with van der Waals surface area (Å²) in [5.41, 5.74) is 0.411. The van der Waals surface area contributed by atoms with Crippen molar-refractivity contribution in [2.24, 2.45) is 0 Å². The third-order valence-electron chi connectivity index (χ3n) is 3.38. The summed E-state index contributed by atoms with van der Waals surface area (Å²) in [6.07, 6.45) is 5.57. The zero-order valence-electron chi connectivity index (χ0n) is 13.4. The molecule has 1 heterocycles. The number of aromatic nitrogens is 2. The predicted molar refractivity (Wildman–Crippen MR) is 94.9 cm³/mol. The van der Waals surface area contributed by atoms with E-state index in [9.17, 15) is 9.59 Å². The van der Waals surface area contributed by atoms with Crippen LogP contribution in [0.5, 0.6) is 0 Å². The molecule has 0 saturated carbocycles. The highest BCUT2D eigenvalue weighted by Gasteiger charge is 2.18. The molecule has 0 aliphatic heterocycles. The summed E-state index contributed by atoms with van der Waals surface area (Å²) >= 11 is 1.20. The highest BCUT2D eigenvalue weighted by atomic mass is 32.2. The third kappa shape index (κ3) is 4.16. The van der Waals surface area contributed by atoms with E-state index in [1.165, 1.54) is 16.3 Å². The van der Waals surface area contributed by atoms with Gasteiger partial charge in [0.2, 0.25) is 5.91 Å². The molecule has 1 amide bonds. The molecule has 1 atom stereocenters. The number of nitrogens with one attached hydrogen (secondary N) is 1. The predicted octanol–water partition coefficient (Wildman–Crippen LogP) is 1.01. The Morgan fingerprint density at radius 3 is 2.96 bits per heavy atom. The van der Waals surface area contributed by atoms with Gasteiger partial charge in [-0.1, -0.05) is 29.8 Å². The molecule has 7 heteroatoms. The Kier molecular flexibility index (Phi) is 6.41. The molecular weight excluding hydrogens is 326 g/mol. The lowest BCUT2D eigenvalue weighted by atomic mass is 10.2. The summed E-state index contributed by atoms with van der Waals surface area (Å²) in [6.45, 7) is 2.20. The standard InChI is InChI=1S/C17H19N3O3S/c1-3-9-18-15(22)12(2)24-17-19-14-8-5-4-7-13(14)16(23)20(17)10-6-11-21/h1,4-5,7-8,12,21H,6,9-11H2,2H3,(H,18,22). The van der Waals surface area contributed by atoms with Crippen LogP contribution >= 0.6 is 11.8 Å². The van der Waals surface area contributed by atoms with Crippen molar-refractivity contribution in [3.8, 4) is 12.3 Å². The summed E-state index contributed by atoms with van der Waals surface area (Å²) in [5.74, 6) is 2.14. The van der Waals surface area contributed by atoms with Crippen molar-refractivity contribution in [2.45, 2.75) is 30.3 Å². The number of carbonyl (C=O) groups excluding carboxylic acids is 1. The minimum atomic E-state index is -0.452. The van der Waals surface area contributed by atoms with Gasteiger partial charge in [-0.05, 0) is 25.5 Å². The quantitative estimate of drug-likeness (QED) is 0.444. The van der Waals surface area contributed by atoms with Gasteiger partial charge in [0.1, 0.15) is 0 Å². The zero-order valence-corrected chi connectivity index (χ0v) is 14.2. The number of benzene rings is 1. The number of rotatable bonds is 7. The van der Waals surface area contributed by atoms with Crippen LogP contribution in [-0.4, -0.2) is 39.0 Å². The van der Waals surface area contributed by atoms with Gasteiger partial charge in [0, 0.05) is 13.2 Å². The number of thioether (sulfide) groups is 1. The SMILES string of the molecule is C#CCNC(=O)C(C)Sc1nc2ccccc2c(=O)n1CCCO. The Balaban J connectivity index is 2.38. The maximum atomic E-state index is 12.7. The van der Waals surface area contributed by atoms with E-state index in [2.05, 4.69) is 16.2 Å². The molecule has 0 bridgehead atoms. The number of carbonyl (C=O) groups is 1. The van der Waals surface area contributed by atoms with Crippen LogP contribution in [0, 0.1) is 12.3 Å². The summed E-state index contributed by atoms with van der Waals surface area (Å²) in [7, 11) is 0. The first-order valence-corrected chi connectivity index (χ1v) is 8.44. The van der Waals surface area contributed by atoms with E-state index < -0.39 is 5.25 Å². The van der Waals surface area contributed by atoms with Gasteiger partial charge in [0.05, 0.1) is 22.7 Å². The summed E-state index contributed by atoms with van der Waals surface area (Å²) in [5, 5.41) is 12.2. The molecule has 0 fully saturated rings. The van der Waals surface area contributed by atoms with Gasteiger partial charge >= 0.3 is 0 Å². The van der Waals surface area contributed by atoms with E-state index in [1.807, 2.05) is 6.07 Å². The van der Waals surface area contributed by atoms with Crippen molar-refractivity contribution in [1.29, 1.82) is 0 Å². The molecule has 24 heavy (non-hydrogen) atoms. The van der Waals surface area contributed by atoms with Gasteiger partial charge < -0.3 is 10.4 Å². The molecule has 0 spiro atoms. The van der Waals surface area contributed by atoms with Crippen molar-refractivity contribution in [3.05, 3.63) is 34.6 Å². The summed E-state index contributed by atoms with van der Waals surface area (Å²) in [4.78, 5) is 29.2. The second-order valence-electron chi connectivity index (χ2n) is 5.13. The van der Waals surface area contributed by atoms with Crippen LogP contribution in [0.3, 0.4) is 0 Å². The second-order valence-corrected chi connectivity index (χ2v) is 6.44.